The van der Waals surface area contributed by atoms with Gasteiger partial charge in [0.25, 0.3) is 0 Å². The average Bonchev–Trinajstić information content (AvgIpc) is 2.78. The van der Waals surface area contributed by atoms with Crippen molar-refractivity contribution >= 4 is 11.3 Å². The number of nitrogens with two attached hydrogens (primary N) is 1. The standard InChI is InChI=1S/C13H17N3S/c1-16(9-11-4-6-15-7-5-11)10-13-3-2-12(8-14)17-13/h2-7H,8-10,14H2,1H3. The van der Waals surface area contributed by atoms with Crippen molar-refractivity contribution in [3.05, 3.63) is 52.0 Å². The van der Waals surface area contributed by atoms with Crippen LogP contribution in [0, 0.1) is 0 Å². The number of thiophene rings is 1. The number of pyridine rings is 1. The molecule has 0 saturated carbocycles. The summed E-state index contributed by atoms with van der Waals surface area (Å²) >= 11 is 1.79. The van der Waals surface area contributed by atoms with Crippen LogP contribution in [0.4, 0.5) is 0 Å². The molecular weight excluding hydrogens is 230 g/mol. The van der Waals surface area contributed by atoms with Crippen LogP contribution in [0.15, 0.2) is 36.7 Å². The molecule has 0 spiro atoms. The van der Waals surface area contributed by atoms with Crippen LogP contribution in [-0.4, -0.2) is 16.9 Å². The van der Waals surface area contributed by atoms with E-state index in [9.17, 15) is 0 Å². The van der Waals surface area contributed by atoms with E-state index in [0.717, 1.165) is 13.1 Å². The largest absolute Gasteiger partial charge is 0.326 e. The fourth-order valence-electron chi connectivity index (χ4n) is 1.74. The van der Waals surface area contributed by atoms with E-state index in [0.29, 0.717) is 6.54 Å². The maximum atomic E-state index is 5.61. The third-order valence-corrected chi connectivity index (χ3v) is 3.64. The van der Waals surface area contributed by atoms with Crippen LogP contribution in [0.1, 0.15) is 15.3 Å². The molecule has 0 radical (unpaired) electrons. The van der Waals surface area contributed by atoms with Gasteiger partial charge in [-0.2, -0.15) is 0 Å². The summed E-state index contributed by atoms with van der Waals surface area (Å²) in [4.78, 5) is 8.92. The van der Waals surface area contributed by atoms with Gasteiger partial charge < -0.3 is 5.73 Å². The maximum absolute atomic E-state index is 5.61. The van der Waals surface area contributed by atoms with Crippen molar-refractivity contribution in [3.8, 4) is 0 Å². The minimum Gasteiger partial charge on any atom is -0.326 e. The molecule has 3 nitrogen and oxygen atoms in total. The second kappa shape index (κ2) is 5.91. The van der Waals surface area contributed by atoms with E-state index >= 15 is 0 Å². The molecule has 0 fully saturated rings. The highest BCUT2D eigenvalue weighted by Crippen LogP contribution is 2.18. The predicted molar refractivity (Wildman–Crippen MR) is 71.6 cm³/mol. The third kappa shape index (κ3) is 3.63. The van der Waals surface area contributed by atoms with E-state index in [2.05, 4.69) is 41.2 Å². The molecule has 0 atom stereocenters. The fraction of sp³-hybridized carbons (Fsp3) is 0.308. The van der Waals surface area contributed by atoms with Crippen molar-refractivity contribution in [1.29, 1.82) is 0 Å². The van der Waals surface area contributed by atoms with Gasteiger partial charge in [0.15, 0.2) is 0 Å². The van der Waals surface area contributed by atoms with E-state index in [1.54, 1.807) is 11.3 Å². The van der Waals surface area contributed by atoms with Crippen molar-refractivity contribution < 1.29 is 0 Å². The smallest absolute Gasteiger partial charge is 0.0328 e. The van der Waals surface area contributed by atoms with Gasteiger partial charge in [0, 0.05) is 41.8 Å². The molecule has 2 N–H and O–H groups in total. The molecule has 4 heteroatoms. The van der Waals surface area contributed by atoms with Crippen molar-refractivity contribution in [2.75, 3.05) is 7.05 Å². The van der Waals surface area contributed by atoms with Crippen LogP contribution >= 0.6 is 11.3 Å². The quantitative estimate of drug-likeness (QED) is 0.881. The number of nitrogens with zero attached hydrogens (tertiary/aromatic N) is 2. The minimum atomic E-state index is 0.638. The Morgan fingerprint density at radius 1 is 1.12 bits per heavy atom. The van der Waals surface area contributed by atoms with Gasteiger partial charge >= 0.3 is 0 Å². The van der Waals surface area contributed by atoms with Gasteiger partial charge in [0.1, 0.15) is 0 Å². The van der Waals surface area contributed by atoms with Crippen LogP contribution in [0.25, 0.3) is 0 Å². The van der Waals surface area contributed by atoms with E-state index in [4.69, 9.17) is 5.73 Å². The number of hydrogen-bond donors (Lipinski definition) is 1. The van der Waals surface area contributed by atoms with E-state index in [1.165, 1.54) is 15.3 Å². The topological polar surface area (TPSA) is 42.2 Å². The molecule has 0 unspecified atom stereocenters. The van der Waals surface area contributed by atoms with Crippen LogP contribution < -0.4 is 5.73 Å². The summed E-state index contributed by atoms with van der Waals surface area (Å²) in [6.07, 6.45) is 3.67. The van der Waals surface area contributed by atoms with Gasteiger partial charge in [-0.05, 0) is 36.9 Å². The summed E-state index contributed by atoms with van der Waals surface area (Å²) in [5, 5.41) is 0. The normalized spacial score (nSPS) is 11.0. The first kappa shape index (κ1) is 12.2. The van der Waals surface area contributed by atoms with Crippen LogP contribution in [-0.2, 0) is 19.6 Å². The predicted octanol–water partition coefficient (Wildman–Crippen LogP) is 2.23. The van der Waals surface area contributed by atoms with Gasteiger partial charge in [-0.1, -0.05) is 0 Å². The Kier molecular flexibility index (Phi) is 4.25. The van der Waals surface area contributed by atoms with Crippen LogP contribution in [0.2, 0.25) is 0 Å². The second-order valence-corrected chi connectivity index (χ2v) is 5.35. The molecule has 0 bridgehead atoms. The number of aromatic nitrogens is 1. The maximum Gasteiger partial charge on any atom is 0.0328 e. The Balaban J connectivity index is 1.91. The highest BCUT2D eigenvalue weighted by molar-refractivity contribution is 7.11. The fourth-order valence-corrected chi connectivity index (χ4v) is 2.72. The van der Waals surface area contributed by atoms with Gasteiger partial charge in [0.2, 0.25) is 0 Å². The van der Waals surface area contributed by atoms with Crippen molar-refractivity contribution in [3.63, 3.8) is 0 Å². The van der Waals surface area contributed by atoms with E-state index < -0.39 is 0 Å². The first-order chi connectivity index (χ1) is 8.28. The van der Waals surface area contributed by atoms with Crippen molar-refractivity contribution in [1.82, 2.24) is 9.88 Å². The monoisotopic (exact) mass is 247 g/mol. The van der Waals surface area contributed by atoms with Gasteiger partial charge in [-0.15, -0.1) is 11.3 Å². The molecule has 2 aromatic heterocycles. The first-order valence-corrected chi connectivity index (χ1v) is 6.44. The molecule has 2 aromatic rings. The zero-order valence-electron chi connectivity index (χ0n) is 9.97. The first-order valence-electron chi connectivity index (χ1n) is 5.63. The van der Waals surface area contributed by atoms with Crippen molar-refractivity contribution in [2.24, 2.45) is 5.73 Å². The Hall–Kier alpha value is -1.23. The Bertz CT molecular complexity index is 453. The summed E-state index contributed by atoms with van der Waals surface area (Å²) in [7, 11) is 2.13. The zero-order chi connectivity index (χ0) is 12.1. The van der Waals surface area contributed by atoms with Gasteiger partial charge in [-0.25, -0.2) is 0 Å². The third-order valence-electron chi connectivity index (χ3n) is 2.55. The van der Waals surface area contributed by atoms with Gasteiger partial charge in [-0.3, -0.25) is 9.88 Å². The minimum absolute atomic E-state index is 0.638. The molecule has 17 heavy (non-hydrogen) atoms. The Morgan fingerprint density at radius 2 is 1.82 bits per heavy atom. The summed E-state index contributed by atoms with van der Waals surface area (Å²) in [5.41, 5.74) is 6.90. The Labute approximate surface area is 106 Å². The highest BCUT2D eigenvalue weighted by Gasteiger charge is 2.04. The number of rotatable bonds is 5. The summed E-state index contributed by atoms with van der Waals surface area (Å²) in [6, 6.07) is 8.38. The molecule has 0 aliphatic rings. The molecular formula is C13H17N3S. The lowest BCUT2D eigenvalue weighted by Gasteiger charge is -2.15. The van der Waals surface area contributed by atoms with Gasteiger partial charge in [0.05, 0.1) is 0 Å². The van der Waals surface area contributed by atoms with Crippen LogP contribution in [0.5, 0.6) is 0 Å². The summed E-state index contributed by atoms with van der Waals surface area (Å²) in [6.45, 7) is 2.55. The van der Waals surface area contributed by atoms with Crippen molar-refractivity contribution in [2.45, 2.75) is 19.6 Å². The zero-order valence-corrected chi connectivity index (χ0v) is 10.8. The molecule has 0 amide bonds. The SMILES string of the molecule is CN(Cc1ccncc1)Cc1ccc(CN)s1. The van der Waals surface area contributed by atoms with E-state index in [-0.39, 0.29) is 0 Å². The van der Waals surface area contributed by atoms with E-state index in [1.807, 2.05) is 12.4 Å². The molecule has 0 aliphatic carbocycles. The molecule has 0 aliphatic heterocycles. The number of hydrogen-bond acceptors (Lipinski definition) is 4. The van der Waals surface area contributed by atoms with Crippen LogP contribution in [0.3, 0.4) is 0 Å². The molecule has 2 rings (SSSR count). The lowest BCUT2D eigenvalue weighted by molar-refractivity contribution is 0.322. The lowest BCUT2D eigenvalue weighted by atomic mass is 10.2. The second-order valence-electron chi connectivity index (χ2n) is 4.10. The average molecular weight is 247 g/mol. The summed E-state index contributed by atoms with van der Waals surface area (Å²) in [5.74, 6) is 0. The molecule has 0 aromatic carbocycles. The highest BCUT2D eigenvalue weighted by atomic mass is 32.1. The molecule has 2 heterocycles. The Morgan fingerprint density at radius 3 is 2.47 bits per heavy atom. The molecule has 0 saturated heterocycles. The summed E-state index contributed by atoms with van der Waals surface area (Å²) < 4.78 is 0. The molecule has 90 valence electrons. The lowest BCUT2D eigenvalue weighted by Crippen LogP contribution is -2.16.